The molecular formula is C16H12N6OS2. The van der Waals surface area contributed by atoms with Crippen LogP contribution in [0.4, 0.5) is 0 Å². The van der Waals surface area contributed by atoms with Gasteiger partial charge in [-0.25, -0.2) is 4.98 Å². The van der Waals surface area contributed by atoms with Gasteiger partial charge in [-0.3, -0.25) is 4.98 Å². The van der Waals surface area contributed by atoms with Crippen molar-refractivity contribution in [1.82, 2.24) is 30.2 Å². The van der Waals surface area contributed by atoms with Crippen molar-refractivity contribution in [2.24, 2.45) is 0 Å². The number of aromatic hydroxyl groups is 1. The molecule has 0 saturated heterocycles. The van der Waals surface area contributed by atoms with E-state index >= 15 is 0 Å². The van der Waals surface area contributed by atoms with Crippen LogP contribution in [-0.4, -0.2) is 35.3 Å². The van der Waals surface area contributed by atoms with Crippen molar-refractivity contribution < 1.29 is 5.11 Å². The van der Waals surface area contributed by atoms with Gasteiger partial charge in [-0.15, -0.1) is 16.4 Å². The van der Waals surface area contributed by atoms with Crippen molar-refractivity contribution in [3.8, 4) is 22.1 Å². The molecule has 0 amide bonds. The summed E-state index contributed by atoms with van der Waals surface area (Å²) in [6.45, 7) is 0. The number of thioether (sulfide) groups is 1. The zero-order valence-corrected chi connectivity index (χ0v) is 14.5. The molecule has 0 fully saturated rings. The van der Waals surface area contributed by atoms with E-state index in [2.05, 4.69) is 25.5 Å². The minimum atomic E-state index is 0.204. The van der Waals surface area contributed by atoms with Crippen LogP contribution in [0.5, 0.6) is 5.75 Å². The molecule has 0 aliphatic carbocycles. The molecule has 0 spiro atoms. The summed E-state index contributed by atoms with van der Waals surface area (Å²) in [4.78, 5) is 8.94. The minimum absolute atomic E-state index is 0.204. The van der Waals surface area contributed by atoms with E-state index in [0.29, 0.717) is 10.9 Å². The minimum Gasteiger partial charge on any atom is -0.508 e. The molecule has 3 aromatic heterocycles. The number of thiazole rings is 1. The maximum atomic E-state index is 9.39. The molecule has 0 aliphatic rings. The van der Waals surface area contributed by atoms with E-state index in [-0.39, 0.29) is 5.75 Å². The second kappa shape index (κ2) is 6.99. The highest BCUT2D eigenvalue weighted by Crippen LogP contribution is 2.27. The number of nitrogens with zero attached hydrogens (tertiary/aromatic N) is 6. The van der Waals surface area contributed by atoms with Gasteiger partial charge in [-0.1, -0.05) is 17.8 Å². The van der Waals surface area contributed by atoms with Crippen LogP contribution in [0.2, 0.25) is 0 Å². The van der Waals surface area contributed by atoms with Gasteiger partial charge in [-0.2, -0.15) is 4.68 Å². The summed E-state index contributed by atoms with van der Waals surface area (Å²) in [5.74, 6) is 0.859. The second-order valence-corrected chi connectivity index (χ2v) is 6.84. The zero-order valence-electron chi connectivity index (χ0n) is 12.9. The molecule has 7 nitrogen and oxygen atoms in total. The Hall–Kier alpha value is -2.78. The SMILES string of the molecule is Oc1ccc(-n2nnnc2SCc2csc(-c3ccccn3)n2)cc1. The number of rotatable bonds is 5. The molecule has 0 bridgehead atoms. The van der Waals surface area contributed by atoms with Gasteiger partial charge in [0.05, 0.1) is 17.1 Å². The van der Waals surface area contributed by atoms with E-state index < -0.39 is 0 Å². The Morgan fingerprint density at radius 1 is 1.12 bits per heavy atom. The number of hydrogen-bond donors (Lipinski definition) is 1. The standard InChI is InChI=1S/C16H12N6OS2/c23-13-6-4-12(5-7-13)22-16(19-20-21-22)25-10-11-9-24-15(18-11)14-3-1-2-8-17-14/h1-9,23H,10H2. The van der Waals surface area contributed by atoms with Gasteiger partial charge < -0.3 is 5.11 Å². The molecule has 0 saturated carbocycles. The summed E-state index contributed by atoms with van der Waals surface area (Å²) in [6, 6.07) is 12.5. The average molecular weight is 368 g/mol. The number of aromatic nitrogens is 6. The lowest BCUT2D eigenvalue weighted by molar-refractivity contribution is 0.475. The average Bonchev–Trinajstić information content (AvgIpc) is 3.31. The number of tetrazole rings is 1. The summed E-state index contributed by atoms with van der Waals surface area (Å²) < 4.78 is 1.64. The van der Waals surface area contributed by atoms with Crippen LogP contribution >= 0.6 is 23.1 Å². The fraction of sp³-hybridized carbons (Fsp3) is 0.0625. The lowest BCUT2D eigenvalue weighted by atomic mass is 10.3. The maximum absolute atomic E-state index is 9.39. The van der Waals surface area contributed by atoms with Crippen LogP contribution in [-0.2, 0) is 5.75 Å². The van der Waals surface area contributed by atoms with Crippen molar-refractivity contribution in [3.05, 3.63) is 59.7 Å². The Kier molecular flexibility index (Phi) is 4.40. The molecule has 4 aromatic rings. The first-order chi connectivity index (χ1) is 12.3. The number of hydrogen-bond acceptors (Lipinski definition) is 8. The van der Waals surface area contributed by atoms with Crippen LogP contribution in [0, 0.1) is 0 Å². The third kappa shape index (κ3) is 3.52. The highest BCUT2D eigenvalue weighted by Gasteiger charge is 2.11. The number of benzene rings is 1. The predicted octanol–water partition coefficient (Wildman–Crippen LogP) is 3.18. The quantitative estimate of drug-likeness (QED) is 0.541. The highest BCUT2D eigenvalue weighted by molar-refractivity contribution is 7.98. The van der Waals surface area contributed by atoms with Gasteiger partial charge in [0.2, 0.25) is 5.16 Å². The predicted molar refractivity (Wildman–Crippen MR) is 95.7 cm³/mol. The summed E-state index contributed by atoms with van der Waals surface area (Å²) in [5, 5.41) is 24.8. The number of phenols is 1. The topological polar surface area (TPSA) is 89.6 Å². The molecule has 0 atom stereocenters. The van der Waals surface area contributed by atoms with Crippen molar-refractivity contribution in [3.63, 3.8) is 0 Å². The van der Waals surface area contributed by atoms with Crippen molar-refractivity contribution in [1.29, 1.82) is 0 Å². The molecule has 124 valence electrons. The number of pyridine rings is 1. The van der Waals surface area contributed by atoms with Gasteiger partial charge in [0.15, 0.2) is 0 Å². The van der Waals surface area contributed by atoms with Gasteiger partial charge in [0.25, 0.3) is 0 Å². The second-order valence-electron chi connectivity index (χ2n) is 5.04. The molecule has 25 heavy (non-hydrogen) atoms. The van der Waals surface area contributed by atoms with Gasteiger partial charge in [0, 0.05) is 17.3 Å². The molecular weight excluding hydrogens is 356 g/mol. The Morgan fingerprint density at radius 2 is 2.00 bits per heavy atom. The third-order valence-electron chi connectivity index (χ3n) is 3.32. The fourth-order valence-corrected chi connectivity index (χ4v) is 3.83. The van der Waals surface area contributed by atoms with Gasteiger partial charge in [0.1, 0.15) is 10.8 Å². The smallest absolute Gasteiger partial charge is 0.214 e. The first-order valence-corrected chi connectivity index (χ1v) is 9.22. The Balaban J connectivity index is 1.49. The molecule has 0 radical (unpaired) electrons. The molecule has 0 aliphatic heterocycles. The van der Waals surface area contributed by atoms with Crippen LogP contribution in [0.3, 0.4) is 0 Å². The molecule has 0 unspecified atom stereocenters. The normalized spacial score (nSPS) is 10.9. The van der Waals surface area contributed by atoms with Crippen LogP contribution in [0.15, 0.2) is 59.2 Å². The molecule has 3 heterocycles. The van der Waals surface area contributed by atoms with Crippen molar-refractivity contribution in [2.75, 3.05) is 0 Å². The first-order valence-electron chi connectivity index (χ1n) is 7.36. The number of phenolic OH excluding ortho intramolecular Hbond substituents is 1. The Morgan fingerprint density at radius 3 is 2.80 bits per heavy atom. The van der Waals surface area contributed by atoms with Gasteiger partial charge in [-0.05, 0) is 46.8 Å². The summed E-state index contributed by atoms with van der Waals surface area (Å²) >= 11 is 3.07. The van der Waals surface area contributed by atoms with E-state index in [1.807, 2.05) is 23.6 Å². The molecule has 1 aromatic carbocycles. The van der Waals surface area contributed by atoms with E-state index in [9.17, 15) is 5.11 Å². The third-order valence-corrected chi connectivity index (χ3v) is 5.19. The summed E-state index contributed by atoms with van der Waals surface area (Å²) in [6.07, 6.45) is 1.76. The van der Waals surface area contributed by atoms with Crippen LogP contribution in [0.25, 0.3) is 16.4 Å². The summed E-state index contributed by atoms with van der Waals surface area (Å²) in [5.41, 5.74) is 2.62. The van der Waals surface area contributed by atoms with E-state index in [1.54, 1.807) is 46.5 Å². The van der Waals surface area contributed by atoms with Gasteiger partial charge >= 0.3 is 0 Å². The molecule has 4 rings (SSSR count). The van der Waals surface area contributed by atoms with Crippen molar-refractivity contribution in [2.45, 2.75) is 10.9 Å². The maximum Gasteiger partial charge on any atom is 0.214 e. The lowest BCUT2D eigenvalue weighted by Gasteiger charge is -2.03. The monoisotopic (exact) mass is 368 g/mol. The van der Waals surface area contributed by atoms with E-state index in [4.69, 9.17) is 0 Å². The summed E-state index contributed by atoms with van der Waals surface area (Å²) in [7, 11) is 0. The van der Waals surface area contributed by atoms with Crippen LogP contribution in [0.1, 0.15) is 5.69 Å². The first kappa shape index (κ1) is 15.7. The molecule has 9 heteroatoms. The highest BCUT2D eigenvalue weighted by atomic mass is 32.2. The Labute approximate surface area is 151 Å². The van der Waals surface area contributed by atoms with Crippen molar-refractivity contribution >= 4 is 23.1 Å². The molecule has 1 N–H and O–H groups in total. The largest absolute Gasteiger partial charge is 0.508 e. The fourth-order valence-electron chi connectivity index (χ4n) is 2.14. The Bertz CT molecular complexity index is 968. The lowest BCUT2D eigenvalue weighted by Crippen LogP contribution is -1.98. The van der Waals surface area contributed by atoms with E-state index in [1.165, 1.54) is 11.8 Å². The zero-order chi connectivity index (χ0) is 17.1. The van der Waals surface area contributed by atoms with Crippen LogP contribution < -0.4 is 0 Å². The van der Waals surface area contributed by atoms with E-state index in [0.717, 1.165) is 22.1 Å².